The van der Waals surface area contributed by atoms with Gasteiger partial charge in [-0.2, -0.15) is 0 Å². The Morgan fingerprint density at radius 1 is 1.29 bits per heavy atom. The van der Waals surface area contributed by atoms with Crippen LogP contribution in [0.3, 0.4) is 0 Å². The first-order chi connectivity index (χ1) is 9.81. The summed E-state index contributed by atoms with van der Waals surface area (Å²) in [5.74, 6) is -3.41. The SMILES string of the molecule is CCC(NC(=O)CCC(N)C(=O)N=O)C(=O)NCC(=O)O. The van der Waals surface area contributed by atoms with Crippen molar-refractivity contribution in [3.63, 3.8) is 0 Å². The maximum Gasteiger partial charge on any atom is 0.322 e. The number of rotatable bonds is 9. The summed E-state index contributed by atoms with van der Waals surface area (Å²) in [6.07, 6.45) is 0.0206. The second-order valence-electron chi connectivity index (χ2n) is 4.21. The molecule has 0 aliphatic carbocycles. The van der Waals surface area contributed by atoms with Crippen LogP contribution in [0.15, 0.2) is 5.18 Å². The average molecular weight is 302 g/mol. The number of carbonyl (C=O) groups excluding carboxylic acids is 3. The third-order valence-corrected chi connectivity index (χ3v) is 2.56. The van der Waals surface area contributed by atoms with E-state index in [1.807, 2.05) is 0 Å². The van der Waals surface area contributed by atoms with Crippen LogP contribution in [0.5, 0.6) is 0 Å². The first kappa shape index (κ1) is 18.6. The molecule has 0 aliphatic heterocycles. The van der Waals surface area contributed by atoms with Gasteiger partial charge in [-0.05, 0) is 12.8 Å². The van der Waals surface area contributed by atoms with Crippen molar-refractivity contribution in [2.45, 2.75) is 38.3 Å². The lowest BCUT2D eigenvalue weighted by atomic mass is 10.1. The molecule has 0 aromatic carbocycles. The van der Waals surface area contributed by atoms with Crippen LogP contribution in [0.1, 0.15) is 26.2 Å². The smallest absolute Gasteiger partial charge is 0.322 e. The van der Waals surface area contributed by atoms with Gasteiger partial charge in [0.2, 0.25) is 11.8 Å². The van der Waals surface area contributed by atoms with E-state index in [1.54, 1.807) is 6.92 Å². The number of nitrogens with zero attached hydrogens (tertiary/aromatic N) is 1. The van der Waals surface area contributed by atoms with Crippen molar-refractivity contribution in [3.8, 4) is 0 Å². The summed E-state index contributed by atoms with van der Waals surface area (Å²) in [5, 5.41) is 15.1. The van der Waals surface area contributed by atoms with Crippen LogP contribution in [-0.2, 0) is 19.2 Å². The fourth-order valence-corrected chi connectivity index (χ4v) is 1.38. The summed E-state index contributed by atoms with van der Waals surface area (Å²) >= 11 is 0. The first-order valence-corrected chi connectivity index (χ1v) is 6.23. The fourth-order valence-electron chi connectivity index (χ4n) is 1.38. The third-order valence-electron chi connectivity index (χ3n) is 2.56. The third kappa shape index (κ3) is 7.72. The van der Waals surface area contributed by atoms with Gasteiger partial charge in [-0.3, -0.25) is 19.2 Å². The molecule has 0 aromatic rings. The average Bonchev–Trinajstić information content (AvgIpc) is 2.46. The number of carboxylic acid groups (broad SMARTS) is 1. The molecule has 0 aromatic heterocycles. The number of carbonyl (C=O) groups is 4. The van der Waals surface area contributed by atoms with Gasteiger partial charge in [0.25, 0.3) is 0 Å². The van der Waals surface area contributed by atoms with Crippen molar-refractivity contribution in [1.82, 2.24) is 10.6 Å². The van der Waals surface area contributed by atoms with Gasteiger partial charge in [0, 0.05) is 11.6 Å². The van der Waals surface area contributed by atoms with Gasteiger partial charge < -0.3 is 21.5 Å². The van der Waals surface area contributed by atoms with Crippen LogP contribution in [0.4, 0.5) is 0 Å². The van der Waals surface area contributed by atoms with Crippen molar-refractivity contribution in [2.75, 3.05) is 6.54 Å². The molecule has 5 N–H and O–H groups in total. The standard InChI is InChI=1S/C11H18N4O6/c1-2-7(11(20)13-5-9(17)18)14-8(16)4-3-6(12)10(19)15-21/h6-7H,2-5,12H2,1H3,(H,13,20)(H,14,16)(H,17,18). The number of aliphatic carboxylic acids is 1. The lowest BCUT2D eigenvalue weighted by Crippen LogP contribution is -2.47. The first-order valence-electron chi connectivity index (χ1n) is 6.23. The summed E-state index contributed by atoms with van der Waals surface area (Å²) in [7, 11) is 0. The quantitative estimate of drug-likeness (QED) is 0.375. The van der Waals surface area contributed by atoms with Gasteiger partial charge in [0.15, 0.2) is 0 Å². The molecule has 2 atom stereocenters. The molecule has 0 fully saturated rings. The molecule has 0 saturated heterocycles. The molecule has 0 bridgehead atoms. The molecule has 10 nitrogen and oxygen atoms in total. The Morgan fingerprint density at radius 3 is 2.38 bits per heavy atom. The van der Waals surface area contributed by atoms with Gasteiger partial charge in [-0.1, -0.05) is 6.92 Å². The number of nitrogens with two attached hydrogens (primary N) is 1. The van der Waals surface area contributed by atoms with E-state index in [0.29, 0.717) is 0 Å². The summed E-state index contributed by atoms with van der Waals surface area (Å²) in [6.45, 7) is 1.09. The molecule has 10 heteroatoms. The zero-order valence-electron chi connectivity index (χ0n) is 11.5. The minimum Gasteiger partial charge on any atom is -0.480 e. The molecular formula is C11H18N4O6. The predicted octanol–water partition coefficient (Wildman–Crippen LogP) is -1.52. The van der Waals surface area contributed by atoms with E-state index >= 15 is 0 Å². The predicted molar refractivity (Wildman–Crippen MR) is 70.9 cm³/mol. The van der Waals surface area contributed by atoms with E-state index in [9.17, 15) is 24.1 Å². The molecule has 2 unspecified atom stereocenters. The van der Waals surface area contributed by atoms with E-state index in [1.165, 1.54) is 0 Å². The molecule has 0 spiro atoms. The van der Waals surface area contributed by atoms with Crippen LogP contribution in [0, 0.1) is 4.91 Å². The Hall–Kier alpha value is -2.36. The van der Waals surface area contributed by atoms with Crippen LogP contribution in [0.25, 0.3) is 0 Å². The minimum absolute atomic E-state index is 0.0798. The Morgan fingerprint density at radius 2 is 1.90 bits per heavy atom. The van der Waals surface area contributed by atoms with Gasteiger partial charge >= 0.3 is 11.9 Å². The van der Waals surface area contributed by atoms with E-state index in [2.05, 4.69) is 15.8 Å². The van der Waals surface area contributed by atoms with Gasteiger partial charge in [-0.25, -0.2) is 0 Å². The summed E-state index contributed by atoms with van der Waals surface area (Å²) in [4.78, 5) is 54.2. The van der Waals surface area contributed by atoms with Gasteiger partial charge in [0.05, 0.1) is 6.04 Å². The largest absolute Gasteiger partial charge is 0.480 e. The minimum atomic E-state index is -1.20. The molecule has 3 amide bonds. The van der Waals surface area contributed by atoms with Crippen molar-refractivity contribution >= 4 is 23.7 Å². The summed E-state index contributed by atoms with van der Waals surface area (Å²) < 4.78 is 0. The van der Waals surface area contributed by atoms with Gasteiger partial charge in [-0.15, -0.1) is 4.91 Å². The molecule has 118 valence electrons. The fraction of sp³-hybridized carbons (Fsp3) is 0.636. The maximum atomic E-state index is 11.6. The second kappa shape index (κ2) is 9.53. The molecule has 0 heterocycles. The maximum absolute atomic E-state index is 11.6. The Kier molecular flexibility index (Phi) is 8.46. The van der Waals surface area contributed by atoms with Crippen LogP contribution >= 0.6 is 0 Å². The molecule has 0 saturated carbocycles. The molecule has 0 rings (SSSR count). The summed E-state index contributed by atoms with van der Waals surface area (Å²) in [6, 6.07) is -2.04. The highest BCUT2D eigenvalue weighted by Crippen LogP contribution is 1.99. The Balaban J connectivity index is 4.26. The zero-order chi connectivity index (χ0) is 16.4. The van der Waals surface area contributed by atoms with Crippen molar-refractivity contribution < 1.29 is 24.3 Å². The van der Waals surface area contributed by atoms with Gasteiger partial charge in [0.1, 0.15) is 12.6 Å². The molecule has 21 heavy (non-hydrogen) atoms. The Labute approximate surface area is 120 Å². The van der Waals surface area contributed by atoms with Crippen molar-refractivity contribution in [1.29, 1.82) is 0 Å². The number of amides is 3. The normalized spacial score (nSPS) is 12.9. The molecule has 0 aliphatic rings. The van der Waals surface area contributed by atoms with Crippen LogP contribution < -0.4 is 16.4 Å². The van der Waals surface area contributed by atoms with Crippen molar-refractivity contribution in [2.24, 2.45) is 10.9 Å². The van der Waals surface area contributed by atoms with Crippen LogP contribution in [-0.4, -0.2) is 47.4 Å². The highest BCUT2D eigenvalue weighted by molar-refractivity contribution is 5.89. The van der Waals surface area contributed by atoms with E-state index in [4.69, 9.17) is 10.8 Å². The number of nitroso groups, excluding NO2 is 1. The highest BCUT2D eigenvalue weighted by atomic mass is 16.4. The Bertz CT molecular complexity index is 425. The highest BCUT2D eigenvalue weighted by Gasteiger charge is 2.21. The number of carboxylic acids is 1. The molecular weight excluding hydrogens is 284 g/mol. The van der Waals surface area contributed by atoms with E-state index in [-0.39, 0.29) is 19.3 Å². The second-order valence-corrected chi connectivity index (χ2v) is 4.21. The monoisotopic (exact) mass is 302 g/mol. The van der Waals surface area contributed by atoms with E-state index in [0.717, 1.165) is 0 Å². The zero-order valence-corrected chi connectivity index (χ0v) is 11.5. The number of hydrogen-bond donors (Lipinski definition) is 4. The summed E-state index contributed by atoms with van der Waals surface area (Å²) in [5.41, 5.74) is 5.31. The van der Waals surface area contributed by atoms with Crippen LogP contribution in [0.2, 0.25) is 0 Å². The number of nitrogens with one attached hydrogen (secondary N) is 2. The number of hydrogen-bond acceptors (Lipinski definition) is 6. The van der Waals surface area contributed by atoms with Crippen molar-refractivity contribution in [3.05, 3.63) is 4.91 Å². The lowest BCUT2D eigenvalue weighted by molar-refractivity contribution is -0.138. The topological polar surface area (TPSA) is 168 Å². The molecule has 0 radical (unpaired) electrons. The lowest BCUT2D eigenvalue weighted by Gasteiger charge is -2.16. The van der Waals surface area contributed by atoms with E-state index < -0.39 is 42.3 Å².